The molecule has 7 nitrogen and oxygen atoms in total. The number of amides is 1. The molecule has 1 N–H and O–H groups in total. The fourth-order valence-electron chi connectivity index (χ4n) is 2.38. The highest BCUT2D eigenvalue weighted by molar-refractivity contribution is 5.93. The van der Waals surface area contributed by atoms with Crippen molar-refractivity contribution < 1.29 is 22.4 Å². The smallest absolute Gasteiger partial charge is 0.280 e. The van der Waals surface area contributed by atoms with Crippen molar-refractivity contribution in [2.24, 2.45) is 7.05 Å². The zero-order valence-corrected chi connectivity index (χ0v) is 13.8. The summed E-state index contributed by atoms with van der Waals surface area (Å²) in [5.74, 6) is -0.641. The van der Waals surface area contributed by atoms with Gasteiger partial charge in [-0.15, -0.1) is 0 Å². The van der Waals surface area contributed by atoms with Crippen molar-refractivity contribution in [3.8, 4) is 0 Å². The Kier molecular flexibility index (Phi) is 4.62. The molecule has 0 atom stereocenters. The van der Waals surface area contributed by atoms with Gasteiger partial charge in [0.05, 0.1) is 6.20 Å². The highest BCUT2D eigenvalue weighted by Crippen LogP contribution is 2.25. The fourth-order valence-corrected chi connectivity index (χ4v) is 2.38. The monoisotopic (exact) mass is 370 g/mol. The molecule has 0 bridgehead atoms. The molecular weight excluding hydrogens is 356 g/mol. The van der Waals surface area contributed by atoms with E-state index < -0.39 is 30.1 Å². The Morgan fingerprint density at radius 3 is 2.54 bits per heavy atom. The maximum absolute atomic E-state index is 13.1. The van der Waals surface area contributed by atoms with Crippen LogP contribution in [0.3, 0.4) is 0 Å². The van der Waals surface area contributed by atoms with Crippen LogP contribution in [0.15, 0.2) is 18.3 Å². The number of alkyl halides is 4. The standard InChI is InChI=1S/C15H14F4N6O/c1-7-8(6-21-24(7)2)5-20-15(26)10-4-12-22-9(13(16)17)3-11(14(18)19)25(12)23-10/h3-4,6,13-14H,5H2,1-2H3,(H,20,26). The molecule has 0 aliphatic rings. The third kappa shape index (κ3) is 3.24. The Morgan fingerprint density at radius 2 is 1.96 bits per heavy atom. The van der Waals surface area contributed by atoms with Gasteiger partial charge in [-0.25, -0.2) is 27.1 Å². The second-order valence-corrected chi connectivity index (χ2v) is 5.57. The van der Waals surface area contributed by atoms with Gasteiger partial charge < -0.3 is 5.32 Å². The summed E-state index contributed by atoms with van der Waals surface area (Å²) in [7, 11) is 1.75. The minimum absolute atomic E-state index is 0.157. The molecule has 0 aliphatic carbocycles. The molecular formula is C15H14F4N6O. The van der Waals surface area contributed by atoms with Gasteiger partial charge in [-0.3, -0.25) is 9.48 Å². The number of nitrogens with one attached hydrogen (secondary N) is 1. The van der Waals surface area contributed by atoms with Gasteiger partial charge in [0.25, 0.3) is 18.8 Å². The molecule has 0 aromatic carbocycles. The van der Waals surface area contributed by atoms with Crippen LogP contribution in [0.1, 0.15) is 46.0 Å². The quantitative estimate of drug-likeness (QED) is 0.701. The summed E-state index contributed by atoms with van der Waals surface area (Å²) >= 11 is 0. The number of nitrogens with zero attached hydrogens (tertiary/aromatic N) is 5. The third-order valence-electron chi connectivity index (χ3n) is 3.93. The van der Waals surface area contributed by atoms with E-state index in [1.165, 1.54) is 0 Å². The van der Waals surface area contributed by atoms with E-state index in [4.69, 9.17) is 0 Å². The van der Waals surface area contributed by atoms with Crippen LogP contribution in [0.4, 0.5) is 17.6 Å². The lowest BCUT2D eigenvalue weighted by molar-refractivity contribution is 0.0944. The topological polar surface area (TPSA) is 77.1 Å². The number of rotatable bonds is 5. The first kappa shape index (κ1) is 17.8. The molecule has 11 heteroatoms. The van der Waals surface area contributed by atoms with Crippen LogP contribution in [-0.4, -0.2) is 30.3 Å². The fraction of sp³-hybridized carbons (Fsp3) is 0.333. The second-order valence-electron chi connectivity index (χ2n) is 5.57. The number of carbonyl (C=O) groups excluding carboxylic acids is 1. The molecule has 0 spiro atoms. The number of aromatic nitrogens is 5. The lowest BCUT2D eigenvalue weighted by Gasteiger charge is -2.06. The summed E-state index contributed by atoms with van der Waals surface area (Å²) in [6, 6.07) is 1.67. The van der Waals surface area contributed by atoms with E-state index in [-0.39, 0.29) is 17.9 Å². The van der Waals surface area contributed by atoms with Gasteiger partial charge in [0.15, 0.2) is 11.3 Å². The second kappa shape index (κ2) is 6.73. The summed E-state index contributed by atoms with van der Waals surface area (Å²) in [5, 5.41) is 10.4. The van der Waals surface area contributed by atoms with Crippen LogP contribution in [0.25, 0.3) is 5.65 Å². The van der Waals surface area contributed by atoms with Crippen LogP contribution in [-0.2, 0) is 13.6 Å². The van der Waals surface area contributed by atoms with Crippen molar-refractivity contribution in [3.63, 3.8) is 0 Å². The van der Waals surface area contributed by atoms with E-state index in [1.807, 2.05) is 6.92 Å². The van der Waals surface area contributed by atoms with Crippen LogP contribution in [0, 0.1) is 6.92 Å². The number of aryl methyl sites for hydroxylation is 1. The molecule has 0 fully saturated rings. The Balaban J connectivity index is 1.89. The van der Waals surface area contributed by atoms with Crippen molar-refractivity contribution >= 4 is 11.6 Å². The molecule has 0 unspecified atom stereocenters. The van der Waals surface area contributed by atoms with Crippen LogP contribution in [0.2, 0.25) is 0 Å². The van der Waals surface area contributed by atoms with Crippen LogP contribution < -0.4 is 5.32 Å². The molecule has 3 aromatic heterocycles. The van der Waals surface area contributed by atoms with E-state index in [9.17, 15) is 22.4 Å². The lowest BCUT2D eigenvalue weighted by Crippen LogP contribution is -2.23. The third-order valence-corrected chi connectivity index (χ3v) is 3.93. The molecule has 0 saturated heterocycles. The SMILES string of the molecule is Cc1c(CNC(=O)c2cc3nc(C(F)F)cc(C(F)F)n3n2)cnn1C. The highest BCUT2D eigenvalue weighted by atomic mass is 19.3. The molecule has 3 heterocycles. The summed E-state index contributed by atoms with van der Waals surface area (Å²) in [4.78, 5) is 15.8. The average molecular weight is 370 g/mol. The Morgan fingerprint density at radius 1 is 1.23 bits per heavy atom. The van der Waals surface area contributed by atoms with Gasteiger partial charge in [0.1, 0.15) is 11.4 Å². The van der Waals surface area contributed by atoms with Gasteiger partial charge in [-0.1, -0.05) is 0 Å². The minimum atomic E-state index is -3.05. The molecule has 1 amide bonds. The maximum atomic E-state index is 13.1. The van der Waals surface area contributed by atoms with Crippen molar-refractivity contribution in [2.45, 2.75) is 26.3 Å². The summed E-state index contributed by atoms with van der Waals surface area (Å²) in [6.07, 6.45) is -4.48. The summed E-state index contributed by atoms with van der Waals surface area (Å²) < 4.78 is 54.2. The van der Waals surface area contributed by atoms with Gasteiger partial charge in [-0.05, 0) is 13.0 Å². The normalized spacial score (nSPS) is 11.7. The average Bonchev–Trinajstić information content (AvgIpc) is 3.16. The van der Waals surface area contributed by atoms with E-state index in [0.29, 0.717) is 10.6 Å². The number of carbonyl (C=O) groups is 1. The number of fused-ring (bicyclic) bond motifs is 1. The van der Waals surface area contributed by atoms with Gasteiger partial charge in [-0.2, -0.15) is 10.2 Å². The molecule has 0 saturated carbocycles. The first-order valence-corrected chi connectivity index (χ1v) is 7.50. The first-order valence-electron chi connectivity index (χ1n) is 7.50. The van der Waals surface area contributed by atoms with Gasteiger partial charge >= 0.3 is 0 Å². The highest BCUT2D eigenvalue weighted by Gasteiger charge is 2.22. The molecule has 0 radical (unpaired) electrons. The molecule has 3 rings (SSSR count). The molecule has 26 heavy (non-hydrogen) atoms. The van der Waals surface area contributed by atoms with Crippen LogP contribution >= 0.6 is 0 Å². The van der Waals surface area contributed by atoms with Gasteiger partial charge in [0, 0.05) is 30.9 Å². The Bertz CT molecular complexity index is 965. The van der Waals surface area contributed by atoms with Crippen molar-refractivity contribution in [3.05, 3.63) is 46.7 Å². The van der Waals surface area contributed by atoms with Crippen LogP contribution in [0.5, 0.6) is 0 Å². The van der Waals surface area contributed by atoms with E-state index in [2.05, 4.69) is 20.5 Å². The molecule has 3 aromatic rings. The van der Waals surface area contributed by atoms with Crippen molar-refractivity contribution in [2.75, 3.05) is 0 Å². The minimum Gasteiger partial charge on any atom is -0.346 e. The molecule has 0 aliphatic heterocycles. The maximum Gasteiger partial charge on any atom is 0.280 e. The Labute approximate surface area is 144 Å². The summed E-state index contributed by atoms with van der Waals surface area (Å²) in [6.45, 7) is 1.98. The summed E-state index contributed by atoms with van der Waals surface area (Å²) in [5.41, 5.74) is -0.384. The van der Waals surface area contributed by atoms with Crippen molar-refractivity contribution in [1.82, 2.24) is 29.7 Å². The largest absolute Gasteiger partial charge is 0.346 e. The van der Waals surface area contributed by atoms with E-state index in [1.54, 1.807) is 17.9 Å². The predicted octanol–water partition coefficient (Wildman–Crippen LogP) is 2.58. The van der Waals surface area contributed by atoms with Crippen molar-refractivity contribution in [1.29, 1.82) is 0 Å². The van der Waals surface area contributed by atoms with E-state index >= 15 is 0 Å². The Hall–Kier alpha value is -2.98. The lowest BCUT2D eigenvalue weighted by atomic mass is 10.2. The first-order chi connectivity index (χ1) is 12.3. The van der Waals surface area contributed by atoms with E-state index in [0.717, 1.165) is 17.3 Å². The number of hydrogen-bond donors (Lipinski definition) is 1. The number of hydrogen-bond acceptors (Lipinski definition) is 4. The molecule has 138 valence electrons. The zero-order chi connectivity index (χ0) is 19.0. The predicted molar refractivity (Wildman–Crippen MR) is 82.0 cm³/mol. The zero-order valence-electron chi connectivity index (χ0n) is 13.8. The number of halogens is 4. The van der Waals surface area contributed by atoms with Gasteiger partial charge in [0.2, 0.25) is 0 Å².